The number of hydrogen-bond donors (Lipinski definition) is 1. The van der Waals surface area contributed by atoms with E-state index in [-0.39, 0.29) is 0 Å². The number of rotatable bonds is 5. The summed E-state index contributed by atoms with van der Waals surface area (Å²) in [5, 5.41) is 10.3. The minimum atomic E-state index is -0.433. The van der Waals surface area contributed by atoms with E-state index in [9.17, 15) is 5.11 Å². The Balaban J connectivity index is 2.06. The van der Waals surface area contributed by atoms with Gasteiger partial charge >= 0.3 is 0 Å². The van der Waals surface area contributed by atoms with Crippen molar-refractivity contribution in [2.24, 2.45) is 0 Å². The number of aliphatic hydroxyl groups is 1. The van der Waals surface area contributed by atoms with Gasteiger partial charge in [-0.25, -0.2) is 0 Å². The Morgan fingerprint density at radius 1 is 1.00 bits per heavy atom. The molecule has 0 saturated carbocycles. The Hall–Kier alpha value is -1.25. The molecular weight excluding hydrogens is 264 g/mol. The van der Waals surface area contributed by atoms with Gasteiger partial charge in [0.05, 0.1) is 6.10 Å². The molecule has 0 aliphatic heterocycles. The first-order chi connectivity index (χ1) is 9.60. The largest absolute Gasteiger partial charge is 0.388 e. The maximum absolute atomic E-state index is 10.3. The third-order valence-corrected chi connectivity index (χ3v) is 4.47. The highest BCUT2D eigenvalue weighted by Gasteiger charge is 2.09. The third-order valence-electron chi connectivity index (χ3n) is 3.58. The fourth-order valence-electron chi connectivity index (χ4n) is 2.22. The smallest absolute Gasteiger partial charge is 0.0830 e. The topological polar surface area (TPSA) is 20.2 Å². The van der Waals surface area contributed by atoms with E-state index in [1.807, 2.05) is 23.9 Å². The van der Waals surface area contributed by atoms with E-state index in [1.54, 1.807) is 0 Å². The molecule has 0 aromatic heterocycles. The number of aryl methyl sites for hydroxylation is 2. The van der Waals surface area contributed by atoms with Crippen LogP contribution in [0.5, 0.6) is 0 Å². The highest BCUT2D eigenvalue weighted by molar-refractivity contribution is 7.99. The van der Waals surface area contributed by atoms with E-state index in [0.717, 1.165) is 11.3 Å². The van der Waals surface area contributed by atoms with E-state index >= 15 is 0 Å². The first kappa shape index (κ1) is 15.1. The van der Waals surface area contributed by atoms with Crippen molar-refractivity contribution >= 4 is 11.8 Å². The molecule has 0 heterocycles. The molecule has 0 fully saturated rings. The normalized spacial score (nSPS) is 12.4. The fraction of sp³-hybridized carbons (Fsp3) is 0.333. The molecule has 1 N–H and O–H groups in total. The minimum absolute atomic E-state index is 0.433. The van der Waals surface area contributed by atoms with Gasteiger partial charge in [-0.05, 0) is 54.0 Å². The van der Waals surface area contributed by atoms with Gasteiger partial charge in [-0.1, -0.05) is 37.3 Å². The second kappa shape index (κ2) is 6.96. The molecule has 2 rings (SSSR count). The van der Waals surface area contributed by atoms with Crippen LogP contribution >= 0.6 is 11.8 Å². The molecule has 0 radical (unpaired) electrons. The Labute approximate surface area is 126 Å². The summed E-state index contributed by atoms with van der Waals surface area (Å²) in [6, 6.07) is 14.6. The highest BCUT2D eigenvalue weighted by atomic mass is 32.2. The lowest BCUT2D eigenvalue weighted by Crippen LogP contribution is -2.02. The van der Waals surface area contributed by atoms with E-state index in [1.165, 1.54) is 21.6 Å². The van der Waals surface area contributed by atoms with Crippen molar-refractivity contribution < 1.29 is 5.11 Å². The van der Waals surface area contributed by atoms with Crippen LogP contribution in [0.25, 0.3) is 0 Å². The van der Waals surface area contributed by atoms with Crippen molar-refractivity contribution in [1.82, 2.24) is 0 Å². The summed E-state index contributed by atoms with van der Waals surface area (Å²) in [5.41, 5.74) is 4.75. The highest BCUT2D eigenvalue weighted by Crippen LogP contribution is 2.23. The number of thioether (sulfide) groups is 1. The average Bonchev–Trinajstić information content (AvgIpc) is 2.44. The molecule has 0 saturated heterocycles. The Kier molecular flexibility index (Phi) is 5.27. The van der Waals surface area contributed by atoms with Gasteiger partial charge in [0, 0.05) is 11.3 Å². The zero-order valence-corrected chi connectivity index (χ0v) is 13.2. The van der Waals surface area contributed by atoms with Crippen molar-refractivity contribution in [3.8, 4) is 0 Å². The molecule has 106 valence electrons. The van der Waals surface area contributed by atoms with Crippen LogP contribution < -0.4 is 0 Å². The fourth-order valence-corrected chi connectivity index (χ4v) is 2.89. The molecule has 1 nitrogen and oxygen atoms in total. The van der Waals surface area contributed by atoms with Crippen LogP contribution in [-0.4, -0.2) is 10.9 Å². The van der Waals surface area contributed by atoms with E-state index in [2.05, 4.69) is 51.1 Å². The van der Waals surface area contributed by atoms with Crippen LogP contribution in [0.1, 0.15) is 35.3 Å². The second-order valence-corrected chi connectivity index (χ2v) is 6.48. The molecule has 0 amide bonds. The van der Waals surface area contributed by atoms with Crippen molar-refractivity contribution in [1.29, 1.82) is 0 Å². The van der Waals surface area contributed by atoms with Crippen molar-refractivity contribution in [3.63, 3.8) is 0 Å². The molecule has 2 aromatic rings. The van der Waals surface area contributed by atoms with Gasteiger partial charge in [0.1, 0.15) is 0 Å². The van der Waals surface area contributed by atoms with Gasteiger partial charge in [0.15, 0.2) is 0 Å². The summed E-state index contributed by atoms with van der Waals surface area (Å²) >= 11 is 1.82. The summed E-state index contributed by atoms with van der Waals surface area (Å²) in [7, 11) is 0. The summed E-state index contributed by atoms with van der Waals surface area (Å²) in [6.45, 7) is 6.37. The summed E-state index contributed by atoms with van der Waals surface area (Å²) in [5.74, 6) is 1.07. The summed E-state index contributed by atoms with van der Waals surface area (Å²) < 4.78 is 0. The van der Waals surface area contributed by atoms with E-state index in [4.69, 9.17) is 0 Å². The zero-order chi connectivity index (χ0) is 14.5. The van der Waals surface area contributed by atoms with Gasteiger partial charge in [0.2, 0.25) is 0 Å². The van der Waals surface area contributed by atoms with E-state index < -0.39 is 6.10 Å². The standard InChI is InChI=1S/C18H22OS/c1-4-20-17-9-7-16(8-10-17)18(19)12-15-6-5-13(2)14(3)11-15/h5-11,18-19H,4,12H2,1-3H3. The lowest BCUT2D eigenvalue weighted by Gasteiger charge is -2.13. The van der Waals surface area contributed by atoms with Gasteiger partial charge in [-0.15, -0.1) is 11.8 Å². The summed E-state index contributed by atoms with van der Waals surface area (Å²) in [6.07, 6.45) is 0.235. The summed E-state index contributed by atoms with van der Waals surface area (Å²) in [4.78, 5) is 1.26. The Bertz CT molecular complexity index is 560. The SMILES string of the molecule is CCSc1ccc(C(O)Cc2ccc(C)c(C)c2)cc1. The Morgan fingerprint density at radius 3 is 2.30 bits per heavy atom. The first-order valence-electron chi connectivity index (χ1n) is 7.07. The molecule has 2 heteroatoms. The lowest BCUT2D eigenvalue weighted by atomic mass is 9.98. The quantitative estimate of drug-likeness (QED) is 0.805. The van der Waals surface area contributed by atoms with Crippen LogP contribution in [0, 0.1) is 13.8 Å². The monoisotopic (exact) mass is 286 g/mol. The zero-order valence-electron chi connectivity index (χ0n) is 12.4. The molecule has 20 heavy (non-hydrogen) atoms. The van der Waals surface area contributed by atoms with Crippen molar-refractivity contribution in [2.75, 3.05) is 5.75 Å². The van der Waals surface area contributed by atoms with E-state index in [0.29, 0.717) is 6.42 Å². The van der Waals surface area contributed by atoms with Crippen LogP contribution in [0.15, 0.2) is 47.4 Å². The molecule has 0 aliphatic carbocycles. The number of benzene rings is 2. The maximum atomic E-state index is 10.3. The van der Waals surface area contributed by atoms with Gasteiger partial charge in [-0.3, -0.25) is 0 Å². The van der Waals surface area contributed by atoms with Crippen LogP contribution in [0.2, 0.25) is 0 Å². The van der Waals surface area contributed by atoms with Crippen LogP contribution in [0.4, 0.5) is 0 Å². The molecule has 0 bridgehead atoms. The van der Waals surface area contributed by atoms with Gasteiger partial charge in [0.25, 0.3) is 0 Å². The predicted molar refractivity (Wildman–Crippen MR) is 87.4 cm³/mol. The molecular formula is C18H22OS. The van der Waals surface area contributed by atoms with Crippen molar-refractivity contribution in [2.45, 2.75) is 38.2 Å². The average molecular weight is 286 g/mol. The first-order valence-corrected chi connectivity index (χ1v) is 8.05. The minimum Gasteiger partial charge on any atom is -0.388 e. The maximum Gasteiger partial charge on any atom is 0.0830 e. The van der Waals surface area contributed by atoms with Crippen molar-refractivity contribution in [3.05, 3.63) is 64.7 Å². The Morgan fingerprint density at radius 2 is 1.70 bits per heavy atom. The number of hydrogen-bond acceptors (Lipinski definition) is 2. The predicted octanol–water partition coefficient (Wildman–Crippen LogP) is 4.69. The molecule has 0 spiro atoms. The molecule has 1 atom stereocenters. The molecule has 0 aliphatic rings. The molecule has 1 unspecified atom stereocenters. The lowest BCUT2D eigenvalue weighted by molar-refractivity contribution is 0.178. The molecule has 2 aromatic carbocycles. The number of aliphatic hydroxyl groups excluding tert-OH is 1. The van der Waals surface area contributed by atoms with Gasteiger partial charge < -0.3 is 5.11 Å². The van der Waals surface area contributed by atoms with Gasteiger partial charge in [-0.2, -0.15) is 0 Å². The van der Waals surface area contributed by atoms with Crippen LogP contribution in [-0.2, 0) is 6.42 Å². The van der Waals surface area contributed by atoms with Crippen LogP contribution in [0.3, 0.4) is 0 Å². The second-order valence-electron chi connectivity index (χ2n) is 5.14. The third kappa shape index (κ3) is 3.87.